The van der Waals surface area contributed by atoms with E-state index in [1.807, 2.05) is 0 Å². The molecule has 1 aliphatic rings. The maximum Gasteiger partial charge on any atom is 0.338 e. The zero-order chi connectivity index (χ0) is 8.59. The van der Waals surface area contributed by atoms with Crippen molar-refractivity contribution >= 4 is 5.97 Å². The lowest BCUT2D eigenvalue weighted by atomic mass is 10.1. The first kappa shape index (κ1) is 8.41. The highest BCUT2D eigenvalue weighted by Crippen LogP contribution is 2.17. The van der Waals surface area contributed by atoms with Crippen LogP contribution in [-0.4, -0.2) is 45.9 Å². The van der Waals surface area contributed by atoms with Crippen LogP contribution in [0.25, 0.3) is 0 Å². The Morgan fingerprint density at radius 3 is 2.18 bits per heavy atom. The average molecular weight is 163 g/mol. The molecular formula is C5H7O6. The third-order valence-corrected chi connectivity index (χ3v) is 1.43. The minimum absolute atomic E-state index is 1.09. The third-order valence-electron chi connectivity index (χ3n) is 1.43. The average Bonchev–Trinajstić information content (AvgIpc) is 2.17. The summed E-state index contributed by atoms with van der Waals surface area (Å²) in [7, 11) is 0. The van der Waals surface area contributed by atoms with Crippen molar-refractivity contribution in [2.24, 2.45) is 0 Å². The molecule has 4 atom stereocenters. The van der Waals surface area contributed by atoms with Crippen molar-refractivity contribution in [3.05, 3.63) is 0 Å². The van der Waals surface area contributed by atoms with E-state index in [1.54, 1.807) is 0 Å². The van der Waals surface area contributed by atoms with Crippen molar-refractivity contribution in [1.29, 1.82) is 0 Å². The van der Waals surface area contributed by atoms with Crippen molar-refractivity contribution < 1.29 is 30.0 Å². The quantitative estimate of drug-likeness (QED) is 0.290. The van der Waals surface area contributed by atoms with E-state index in [9.17, 15) is 9.90 Å². The van der Waals surface area contributed by atoms with Crippen molar-refractivity contribution in [2.45, 2.75) is 24.6 Å². The fourth-order valence-electron chi connectivity index (χ4n) is 0.820. The molecule has 1 aliphatic heterocycles. The van der Waals surface area contributed by atoms with Gasteiger partial charge in [-0.3, -0.25) is 0 Å². The van der Waals surface area contributed by atoms with Crippen molar-refractivity contribution in [3.8, 4) is 0 Å². The molecular weight excluding hydrogens is 156 g/mol. The summed E-state index contributed by atoms with van der Waals surface area (Å²) in [6.07, 6.45) is -7.12. The van der Waals surface area contributed by atoms with Crippen LogP contribution in [0.3, 0.4) is 0 Å². The molecule has 0 aromatic rings. The molecule has 1 unspecified atom stereocenters. The van der Waals surface area contributed by atoms with Gasteiger partial charge in [0.15, 0.2) is 12.2 Å². The third kappa shape index (κ3) is 1.33. The van der Waals surface area contributed by atoms with Crippen LogP contribution in [0.15, 0.2) is 0 Å². The smallest absolute Gasteiger partial charge is 0.338 e. The first-order valence-electron chi connectivity index (χ1n) is 2.94. The molecule has 1 heterocycles. The zero-order valence-corrected chi connectivity index (χ0v) is 5.38. The number of cyclic esters (lactones) is 1. The fourth-order valence-corrected chi connectivity index (χ4v) is 0.820. The van der Waals surface area contributed by atoms with Crippen LogP contribution < -0.4 is 0 Å². The maximum atomic E-state index is 10.4. The molecule has 0 amide bonds. The van der Waals surface area contributed by atoms with Gasteiger partial charge < -0.3 is 20.1 Å². The number of hydrogen-bond donors (Lipinski definition) is 3. The highest BCUT2D eigenvalue weighted by atomic mass is 16.6. The normalized spacial score (nSPS) is 37.9. The Morgan fingerprint density at radius 1 is 1.45 bits per heavy atom. The van der Waals surface area contributed by atoms with Gasteiger partial charge in [0.2, 0.25) is 6.29 Å². The van der Waals surface area contributed by atoms with Crippen LogP contribution in [-0.2, 0) is 14.6 Å². The van der Waals surface area contributed by atoms with E-state index in [2.05, 4.69) is 4.74 Å². The van der Waals surface area contributed by atoms with E-state index in [0.29, 0.717) is 0 Å². The molecule has 3 N–H and O–H groups in total. The molecule has 0 aromatic carbocycles. The molecule has 0 spiro atoms. The van der Waals surface area contributed by atoms with Gasteiger partial charge in [0.05, 0.1) is 0 Å². The summed E-state index contributed by atoms with van der Waals surface area (Å²) in [6, 6.07) is 0. The van der Waals surface area contributed by atoms with E-state index in [0.717, 1.165) is 0 Å². The monoisotopic (exact) mass is 163 g/mol. The lowest BCUT2D eigenvalue weighted by molar-refractivity contribution is -0.189. The van der Waals surface area contributed by atoms with Gasteiger partial charge in [-0.05, 0) is 0 Å². The Kier molecular flexibility index (Phi) is 2.10. The first-order chi connectivity index (χ1) is 5.04. The van der Waals surface area contributed by atoms with Crippen molar-refractivity contribution in [2.75, 3.05) is 0 Å². The lowest BCUT2D eigenvalue weighted by Crippen LogP contribution is -2.37. The van der Waals surface area contributed by atoms with Gasteiger partial charge in [-0.2, -0.15) is 5.11 Å². The summed E-state index contributed by atoms with van der Waals surface area (Å²) < 4.78 is 4.15. The van der Waals surface area contributed by atoms with Crippen LogP contribution >= 0.6 is 0 Å². The van der Waals surface area contributed by atoms with E-state index < -0.39 is 30.6 Å². The highest BCUT2D eigenvalue weighted by molar-refractivity contribution is 5.77. The molecule has 0 bridgehead atoms. The minimum Gasteiger partial charge on any atom is -0.452 e. The van der Waals surface area contributed by atoms with Gasteiger partial charge in [-0.25, -0.2) is 4.79 Å². The molecule has 0 saturated carbocycles. The summed E-state index contributed by atoms with van der Waals surface area (Å²) in [5.74, 6) is -1.09. The van der Waals surface area contributed by atoms with Gasteiger partial charge in [0, 0.05) is 0 Å². The largest absolute Gasteiger partial charge is 0.452 e. The Bertz CT molecular complexity index is 166. The topological polar surface area (TPSA) is 107 Å². The second kappa shape index (κ2) is 2.74. The second-order valence-electron chi connectivity index (χ2n) is 2.23. The predicted octanol–water partition coefficient (Wildman–Crippen LogP) is -2.62. The van der Waals surface area contributed by atoms with Gasteiger partial charge in [-0.1, -0.05) is 0 Å². The lowest BCUT2D eigenvalue weighted by Gasteiger charge is -2.12. The van der Waals surface area contributed by atoms with Gasteiger partial charge in [-0.15, -0.1) is 0 Å². The summed E-state index contributed by atoms with van der Waals surface area (Å²) in [6.45, 7) is 0. The molecule has 11 heavy (non-hydrogen) atoms. The summed E-state index contributed by atoms with van der Waals surface area (Å²) >= 11 is 0. The van der Waals surface area contributed by atoms with Gasteiger partial charge in [0.25, 0.3) is 0 Å². The minimum atomic E-state index is -2.22. The van der Waals surface area contributed by atoms with E-state index in [-0.39, 0.29) is 0 Å². The van der Waals surface area contributed by atoms with E-state index in [1.165, 1.54) is 0 Å². The SMILES string of the molecule is [O]C(O)[C@H]1OC(=O)[C@H](O)[C@@H]1O. The fraction of sp³-hybridized carbons (Fsp3) is 0.800. The maximum absolute atomic E-state index is 10.4. The molecule has 63 valence electrons. The van der Waals surface area contributed by atoms with Crippen LogP contribution in [0.2, 0.25) is 0 Å². The Hall–Kier alpha value is -0.690. The molecule has 1 rings (SSSR count). The number of aliphatic hydroxyl groups is 3. The number of ether oxygens (including phenoxy) is 1. The number of carbonyl (C=O) groups excluding carboxylic acids is 1. The Balaban J connectivity index is 2.67. The van der Waals surface area contributed by atoms with Crippen LogP contribution in [0.1, 0.15) is 0 Å². The standard InChI is InChI=1S/C5H7O6/c6-1-2(7)5(10)11-3(1)4(8)9/h1-4,6-8H/t1-,2+,3-,4?/m0/s1. The van der Waals surface area contributed by atoms with Crippen LogP contribution in [0.5, 0.6) is 0 Å². The van der Waals surface area contributed by atoms with Crippen molar-refractivity contribution in [1.82, 2.24) is 0 Å². The Labute approximate surface area is 61.6 Å². The number of esters is 1. The summed E-state index contributed by atoms with van der Waals surface area (Å²) in [5, 5.41) is 36.1. The molecule has 1 saturated heterocycles. The van der Waals surface area contributed by atoms with E-state index >= 15 is 0 Å². The molecule has 1 radical (unpaired) electrons. The molecule has 0 aromatic heterocycles. The van der Waals surface area contributed by atoms with Crippen LogP contribution in [0.4, 0.5) is 0 Å². The van der Waals surface area contributed by atoms with E-state index in [4.69, 9.17) is 15.3 Å². The summed E-state index contributed by atoms with van der Waals surface area (Å²) in [5.41, 5.74) is 0. The van der Waals surface area contributed by atoms with Gasteiger partial charge in [0.1, 0.15) is 6.10 Å². The molecule has 6 nitrogen and oxygen atoms in total. The Morgan fingerprint density at radius 2 is 2.00 bits per heavy atom. The molecule has 0 aliphatic carbocycles. The van der Waals surface area contributed by atoms with Crippen molar-refractivity contribution in [3.63, 3.8) is 0 Å². The zero-order valence-electron chi connectivity index (χ0n) is 5.38. The predicted molar refractivity (Wildman–Crippen MR) is 28.6 cm³/mol. The summed E-state index contributed by atoms with van der Waals surface area (Å²) in [4.78, 5) is 10.4. The van der Waals surface area contributed by atoms with Gasteiger partial charge >= 0.3 is 5.97 Å². The van der Waals surface area contributed by atoms with Crippen LogP contribution in [0, 0.1) is 0 Å². The number of carbonyl (C=O) groups is 1. The first-order valence-corrected chi connectivity index (χ1v) is 2.94. The number of hydrogen-bond acceptors (Lipinski definition) is 5. The number of aliphatic hydroxyl groups excluding tert-OH is 3. The highest BCUT2D eigenvalue weighted by Gasteiger charge is 2.46. The molecule has 6 heteroatoms. The molecule has 1 fully saturated rings. The number of rotatable bonds is 1. The second-order valence-corrected chi connectivity index (χ2v) is 2.23.